The van der Waals surface area contributed by atoms with Crippen LogP contribution < -0.4 is 5.32 Å². The number of hydrogen-bond donors (Lipinski definition) is 2. The minimum absolute atomic E-state index is 0.0677. The van der Waals surface area contributed by atoms with Crippen molar-refractivity contribution in [3.63, 3.8) is 0 Å². The lowest BCUT2D eigenvalue weighted by molar-refractivity contribution is -0.201. The van der Waals surface area contributed by atoms with Gasteiger partial charge in [0.15, 0.2) is 17.3 Å². The normalized spacial score (nSPS) is 37.0. The van der Waals surface area contributed by atoms with Crippen molar-refractivity contribution in [1.82, 2.24) is 5.32 Å². The van der Waals surface area contributed by atoms with E-state index < -0.39 is 40.7 Å². The van der Waals surface area contributed by atoms with E-state index in [0.717, 1.165) is 12.2 Å². The molecule has 3 atom stereocenters. The van der Waals surface area contributed by atoms with Crippen LogP contribution in [0.3, 0.4) is 0 Å². The van der Waals surface area contributed by atoms with Crippen molar-refractivity contribution in [2.24, 2.45) is 17.3 Å². The number of carbonyl (C=O) groups excluding carboxylic acids is 2. The lowest BCUT2D eigenvalue weighted by Gasteiger charge is -2.37. The molecule has 0 aromatic carbocycles. The average Bonchev–Trinajstić information content (AvgIpc) is 2.58. The largest absolute Gasteiger partial charge is 0.399 e. The smallest absolute Gasteiger partial charge is 0.367 e. The summed E-state index contributed by atoms with van der Waals surface area (Å²) in [7, 11) is 0. The molecular formula is C15H16F3NO3. The van der Waals surface area contributed by atoms with E-state index in [-0.39, 0.29) is 12.0 Å². The second-order valence-corrected chi connectivity index (χ2v) is 7.02. The zero-order valence-corrected chi connectivity index (χ0v) is 12.1. The van der Waals surface area contributed by atoms with E-state index in [1.807, 2.05) is 13.8 Å². The van der Waals surface area contributed by atoms with Crippen LogP contribution in [0, 0.1) is 17.3 Å². The standard InChI is InChI=1S/C15H16F3NO3/c1-13(2)5-7-10(9(21)6-13)12-11(15(16,17)18)8(20)3-4-14(12,22)19-7/h3-4,11-12,19,22H,5-6H2,1-2H3. The quantitative estimate of drug-likeness (QED) is 0.716. The molecule has 0 fully saturated rings. The van der Waals surface area contributed by atoms with Crippen molar-refractivity contribution >= 4 is 11.6 Å². The van der Waals surface area contributed by atoms with Gasteiger partial charge in [0.25, 0.3) is 0 Å². The van der Waals surface area contributed by atoms with Gasteiger partial charge in [-0.3, -0.25) is 9.59 Å². The summed E-state index contributed by atoms with van der Waals surface area (Å²) in [4.78, 5) is 24.1. The van der Waals surface area contributed by atoms with Crippen molar-refractivity contribution in [3.05, 3.63) is 23.4 Å². The van der Waals surface area contributed by atoms with E-state index in [9.17, 15) is 27.9 Å². The topological polar surface area (TPSA) is 66.4 Å². The third-order valence-corrected chi connectivity index (χ3v) is 4.55. The summed E-state index contributed by atoms with van der Waals surface area (Å²) < 4.78 is 39.9. The molecule has 0 radical (unpaired) electrons. The Labute approximate surface area is 125 Å². The maximum absolute atomic E-state index is 13.3. The summed E-state index contributed by atoms with van der Waals surface area (Å²) in [6.45, 7) is 3.68. The molecule has 0 spiro atoms. The van der Waals surface area contributed by atoms with Gasteiger partial charge in [0.05, 0.1) is 5.92 Å². The fraction of sp³-hybridized carbons (Fsp3) is 0.600. The summed E-state index contributed by atoms with van der Waals surface area (Å²) >= 11 is 0. The third kappa shape index (κ3) is 2.10. The van der Waals surface area contributed by atoms with Crippen LogP contribution in [0.2, 0.25) is 0 Å². The Kier molecular flexibility index (Phi) is 2.93. The van der Waals surface area contributed by atoms with Crippen LogP contribution >= 0.6 is 0 Å². The number of ketones is 2. The van der Waals surface area contributed by atoms with Gasteiger partial charge in [-0.25, -0.2) is 0 Å². The van der Waals surface area contributed by atoms with Gasteiger partial charge in [0.2, 0.25) is 0 Å². The summed E-state index contributed by atoms with van der Waals surface area (Å²) in [5.74, 6) is -5.57. The number of hydrogen-bond acceptors (Lipinski definition) is 4. The molecule has 0 saturated heterocycles. The summed E-state index contributed by atoms with van der Waals surface area (Å²) in [6.07, 6.45) is -2.59. The van der Waals surface area contributed by atoms with E-state index in [2.05, 4.69) is 5.32 Å². The maximum Gasteiger partial charge on any atom is 0.399 e. The molecule has 2 N–H and O–H groups in total. The highest BCUT2D eigenvalue weighted by atomic mass is 19.4. The Morgan fingerprint density at radius 2 is 1.91 bits per heavy atom. The van der Waals surface area contributed by atoms with Crippen LogP contribution in [0.4, 0.5) is 13.2 Å². The lowest BCUT2D eigenvalue weighted by Crippen LogP contribution is -2.54. The van der Waals surface area contributed by atoms with Crippen molar-refractivity contribution in [2.75, 3.05) is 0 Å². The molecule has 0 aromatic rings. The molecule has 4 nitrogen and oxygen atoms in total. The first-order chi connectivity index (χ1) is 9.95. The SMILES string of the molecule is CC1(C)CC(=O)C2=C(C1)NC1(O)C=CC(=O)C(C(F)(F)F)C21. The third-order valence-electron chi connectivity index (χ3n) is 4.55. The highest BCUT2D eigenvalue weighted by molar-refractivity contribution is 6.02. The van der Waals surface area contributed by atoms with E-state index in [0.29, 0.717) is 12.1 Å². The fourth-order valence-electron chi connectivity index (χ4n) is 3.74. The van der Waals surface area contributed by atoms with Gasteiger partial charge in [-0.05, 0) is 24.0 Å². The first-order valence-electron chi connectivity index (χ1n) is 7.01. The van der Waals surface area contributed by atoms with Crippen molar-refractivity contribution in [1.29, 1.82) is 0 Å². The molecule has 0 saturated carbocycles. The Morgan fingerprint density at radius 3 is 2.50 bits per heavy atom. The minimum atomic E-state index is -4.82. The van der Waals surface area contributed by atoms with E-state index in [1.165, 1.54) is 0 Å². The van der Waals surface area contributed by atoms with Crippen LogP contribution in [-0.2, 0) is 9.59 Å². The average molecular weight is 315 g/mol. The number of halogens is 3. The molecule has 22 heavy (non-hydrogen) atoms. The van der Waals surface area contributed by atoms with Crippen LogP contribution in [0.25, 0.3) is 0 Å². The predicted octanol–water partition coefficient (Wildman–Crippen LogP) is 1.85. The fourth-order valence-corrected chi connectivity index (χ4v) is 3.74. The Bertz CT molecular complexity index is 632. The Morgan fingerprint density at radius 1 is 1.27 bits per heavy atom. The van der Waals surface area contributed by atoms with Gasteiger partial charge in [-0.2, -0.15) is 13.2 Å². The summed E-state index contributed by atoms with van der Waals surface area (Å²) in [5, 5.41) is 13.2. The Balaban J connectivity index is 2.14. The van der Waals surface area contributed by atoms with Gasteiger partial charge in [-0.1, -0.05) is 13.8 Å². The van der Waals surface area contributed by atoms with E-state index in [4.69, 9.17) is 0 Å². The number of aliphatic hydroxyl groups is 1. The van der Waals surface area contributed by atoms with Gasteiger partial charge in [0, 0.05) is 17.7 Å². The molecular weight excluding hydrogens is 299 g/mol. The molecule has 2 aliphatic carbocycles. The van der Waals surface area contributed by atoms with Gasteiger partial charge in [0.1, 0.15) is 5.92 Å². The van der Waals surface area contributed by atoms with E-state index >= 15 is 0 Å². The molecule has 0 aromatic heterocycles. The lowest BCUT2D eigenvalue weighted by atomic mass is 9.68. The highest BCUT2D eigenvalue weighted by Crippen LogP contribution is 2.52. The first kappa shape index (κ1) is 15.3. The molecule has 3 aliphatic rings. The highest BCUT2D eigenvalue weighted by Gasteiger charge is 2.63. The predicted molar refractivity (Wildman–Crippen MR) is 70.3 cm³/mol. The van der Waals surface area contributed by atoms with Gasteiger partial charge < -0.3 is 10.4 Å². The molecule has 0 amide bonds. The molecule has 0 bridgehead atoms. The van der Waals surface area contributed by atoms with Gasteiger partial charge >= 0.3 is 6.18 Å². The summed E-state index contributed by atoms with van der Waals surface area (Å²) in [5.41, 5.74) is -2.17. The molecule has 7 heteroatoms. The minimum Gasteiger partial charge on any atom is -0.367 e. The number of rotatable bonds is 0. The zero-order valence-electron chi connectivity index (χ0n) is 12.1. The maximum atomic E-state index is 13.3. The molecule has 3 unspecified atom stereocenters. The van der Waals surface area contributed by atoms with Crippen LogP contribution in [0.15, 0.2) is 23.4 Å². The summed E-state index contributed by atoms with van der Waals surface area (Å²) in [6, 6.07) is 0. The molecule has 1 heterocycles. The van der Waals surface area contributed by atoms with Crippen LogP contribution in [-0.4, -0.2) is 28.6 Å². The zero-order chi connectivity index (χ0) is 16.5. The van der Waals surface area contributed by atoms with Crippen LogP contribution in [0.1, 0.15) is 26.7 Å². The van der Waals surface area contributed by atoms with Gasteiger partial charge in [-0.15, -0.1) is 0 Å². The Hall–Kier alpha value is -1.63. The van der Waals surface area contributed by atoms with Crippen LogP contribution in [0.5, 0.6) is 0 Å². The number of carbonyl (C=O) groups is 2. The van der Waals surface area contributed by atoms with E-state index in [1.54, 1.807) is 0 Å². The molecule has 3 rings (SSSR count). The number of alkyl halides is 3. The molecule has 1 aliphatic heterocycles. The monoisotopic (exact) mass is 315 g/mol. The second-order valence-electron chi connectivity index (χ2n) is 7.02. The number of allylic oxidation sites excluding steroid dienone is 2. The number of Topliss-reactive ketones (excluding diaryl/α,β-unsaturated/α-hetero) is 1. The van der Waals surface area contributed by atoms with Crippen molar-refractivity contribution in [2.45, 2.75) is 38.6 Å². The van der Waals surface area contributed by atoms with Crippen molar-refractivity contribution < 1.29 is 27.9 Å². The molecule has 120 valence electrons. The number of fused-ring (bicyclic) bond motifs is 2. The first-order valence-corrected chi connectivity index (χ1v) is 7.01. The van der Waals surface area contributed by atoms with Crippen molar-refractivity contribution in [3.8, 4) is 0 Å². The number of nitrogens with one attached hydrogen (secondary N) is 1. The second kappa shape index (κ2) is 4.22.